The van der Waals surface area contributed by atoms with Gasteiger partial charge in [-0.2, -0.15) is 0 Å². The van der Waals surface area contributed by atoms with Crippen LogP contribution in [0.1, 0.15) is 52.1 Å². The first-order valence-corrected chi connectivity index (χ1v) is 15.9. The van der Waals surface area contributed by atoms with Crippen LogP contribution in [0.4, 0.5) is 11.4 Å². The van der Waals surface area contributed by atoms with Crippen LogP contribution in [-0.4, -0.2) is 17.7 Å². The molecule has 1 atom stereocenters. The van der Waals surface area contributed by atoms with E-state index in [9.17, 15) is 14.4 Å². The molecule has 230 valence electrons. The van der Waals surface area contributed by atoms with Gasteiger partial charge in [-0.3, -0.25) is 14.4 Å². The molecule has 46 heavy (non-hydrogen) atoms. The Morgan fingerprint density at radius 3 is 1.76 bits per heavy atom. The Morgan fingerprint density at radius 2 is 1.15 bits per heavy atom. The first kappa shape index (κ1) is 32.0. The Labute approximate surface area is 274 Å². The fraction of sp³-hybridized carbons (Fsp3) is 0.103. The Bertz CT molecular complexity index is 1790. The SMILES string of the molecule is CC(C)c1ccc(NC(=O)C(Sc2ccc(NC(=O)/C(=C/c3ccccc3)NC(=O)c3ccccc3)cc2)c2ccccc2)cc1. The van der Waals surface area contributed by atoms with Crippen LogP contribution >= 0.6 is 11.8 Å². The van der Waals surface area contributed by atoms with Crippen LogP contribution in [0.15, 0.2) is 150 Å². The molecular formula is C39H35N3O3S. The summed E-state index contributed by atoms with van der Waals surface area (Å²) in [7, 11) is 0. The van der Waals surface area contributed by atoms with Crippen LogP contribution in [0.2, 0.25) is 0 Å². The third kappa shape index (κ3) is 8.83. The summed E-state index contributed by atoms with van der Waals surface area (Å²) in [6, 6.07) is 42.9. The first-order valence-electron chi connectivity index (χ1n) is 15.0. The second-order valence-corrected chi connectivity index (χ2v) is 12.1. The maximum Gasteiger partial charge on any atom is 0.272 e. The monoisotopic (exact) mass is 625 g/mol. The van der Waals surface area contributed by atoms with Crippen molar-refractivity contribution in [3.8, 4) is 0 Å². The van der Waals surface area contributed by atoms with Gasteiger partial charge in [0.1, 0.15) is 10.9 Å². The highest BCUT2D eigenvalue weighted by atomic mass is 32.2. The fourth-order valence-electron chi connectivity index (χ4n) is 4.67. The van der Waals surface area contributed by atoms with Crippen molar-refractivity contribution in [3.05, 3.63) is 167 Å². The number of carbonyl (C=O) groups is 3. The standard InChI is InChI=1S/C39H35N3O3S/c1-27(2)29-18-20-32(21-19-29)41-39(45)36(30-14-8-4-9-15-30)46-34-24-22-33(23-25-34)40-38(44)35(26-28-12-6-3-7-13-28)42-37(43)31-16-10-5-11-17-31/h3-27,36H,1-2H3,(H,40,44)(H,41,45)(H,42,43)/b35-26-. The molecular weight excluding hydrogens is 591 g/mol. The van der Waals surface area contributed by atoms with E-state index in [4.69, 9.17) is 0 Å². The summed E-state index contributed by atoms with van der Waals surface area (Å²) >= 11 is 1.43. The molecule has 0 radical (unpaired) electrons. The van der Waals surface area contributed by atoms with Crippen molar-refractivity contribution in [1.82, 2.24) is 5.32 Å². The predicted octanol–water partition coefficient (Wildman–Crippen LogP) is 8.69. The minimum atomic E-state index is -0.500. The maximum absolute atomic E-state index is 13.5. The normalized spacial score (nSPS) is 11.8. The van der Waals surface area contributed by atoms with Crippen molar-refractivity contribution in [3.63, 3.8) is 0 Å². The van der Waals surface area contributed by atoms with E-state index in [2.05, 4.69) is 29.8 Å². The second-order valence-electron chi connectivity index (χ2n) is 10.9. The zero-order valence-corrected chi connectivity index (χ0v) is 26.5. The van der Waals surface area contributed by atoms with Crippen LogP contribution in [0, 0.1) is 0 Å². The van der Waals surface area contributed by atoms with Crippen molar-refractivity contribution in [2.75, 3.05) is 10.6 Å². The Kier molecular flexibility index (Phi) is 10.8. The molecule has 0 fully saturated rings. The number of hydrogen-bond donors (Lipinski definition) is 3. The number of hydrogen-bond acceptors (Lipinski definition) is 4. The van der Waals surface area contributed by atoms with Crippen LogP contribution in [0.3, 0.4) is 0 Å². The number of anilines is 2. The molecule has 5 aromatic rings. The van der Waals surface area contributed by atoms with Crippen LogP contribution < -0.4 is 16.0 Å². The van der Waals surface area contributed by atoms with Gasteiger partial charge in [-0.15, -0.1) is 11.8 Å². The third-order valence-corrected chi connectivity index (χ3v) is 8.46. The van der Waals surface area contributed by atoms with Crippen molar-refractivity contribution in [2.24, 2.45) is 0 Å². The molecule has 0 bridgehead atoms. The van der Waals surface area contributed by atoms with Crippen molar-refractivity contribution in [1.29, 1.82) is 0 Å². The van der Waals surface area contributed by atoms with Gasteiger partial charge >= 0.3 is 0 Å². The molecule has 0 aliphatic heterocycles. The maximum atomic E-state index is 13.5. The van der Waals surface area contributed by atoms with E-state index in [-0.39, 0.29) is 17.5 Å². The van der Waals surface area contributed by atoms with Gasteiger partial charge in [-0.25, -0.2) is 0 Å². The molecule has 0 saturated carbocycles. The largest absolute Gasteiger partial charge is 0.325 e. The quantitative estimate of drug-likeness (QED) is 0.101. The summed E-state index contributed by atoms with van der Waals surface area (Å²) in [5, 5.41) is 8.22. The second kappa shape index (κ2) is 15.5. The molecule has 5 rings (SSSR count). The summed E-state index contributed by atoms with van der Waals surface area (Å²) in [6.07, 6.45) is 1.64. The molecule has 1 unspecified atom stereocenters. The number of benzene rings is 5. The van der Waals surface area contributed by atoms with Crippen molar-refractivity contribution >= 4 is 46.9 Å². The first-order chi connectivity index (χ1) is 22.4. The van der Waals surface area contributed by atoms with E-state index in [0.29, 0.717) is 17.2 Å². The molecule has 0 aliphatic carbocycles. The Balaban J connectivity index is 1.30. The number of nitrogens with one attached hydrogen (secondary N) is 3. The molecule has 6 nitrogen and oxygen atoms in total. The van der Waals surface area contributed by atoms with Gasteiger partial charge in [-0.05, 0) is 77.2 Å². The summed E-state index contributed by atoms with van der Waals surface area (Å²) in [5.41, 5.74) is 4.71. The van der Waals surface area contributed by atoms with Gasteiger partial charge in [0, 0.05) is 21.8 Å². The van der Waals surface area contributed by atoms with Gasteiger partial charge in [-0.1, -0.05) is 105 Å². The number of rotatable bonds is 11. The molecule has 7 heteroatoms. The van der Waals surface area contributed by atoms with E-state index in [1.54, 1.807) is 42.5 Å². The summed E-state index contributed by atoms with van der Waals surface area (Å²) in [4.78, 5) is 40.7. The summed E-state index contributed by atoms with van der Waals surface area (Å²) in [6.45, 7) is 4.27. The van der Waals surface area contributed by atoms with Gasteiger partial charge < -0.3 is 16.0 Å². The van der Waals surface area contributed by atoms with Gasteiger partial charge in [0.2, 0.25) is 5.91 Å². The average molecular weight is 626 g/mol. The highest BCUT2D eigenvalue weighted by Gasteiger charge is 2.23. The van der Waals surface area contributed by atoms with Crippen LogP contribution in [-0.2, 0) is 9.59 Å². The molecule has 0 heterocycles. The predicted molar refractivity (Wildman–Crippen MR) is 188 cm³/mol. The van der Waals surface area contributed by atoms with Crippen molar-refractivity contribution < 1.29 is 14.4 Å². The van der Waals surface area contributed by atoms with Gasteiger partial charge in [0.05, 0.1) is 0 Å². The van der Waals surface area contributed by atoms with Gasteiger partial charge in [0.25, 0.3) is 11.8 Å². The average Bonchev–Trinajstić information content (AvgIpc) is 3.09. The van der Waals surface area contributed by atoms with E-state index < -0.39 is 11.2 Å². The van der Waals surface area contributed by atoms with Gasteiger partial charge in [0.15, 0.2) is 0 Å². The summed E-state index contributed by atoms with van der Waals surface area (Å²) in [5.74, 6) is -0.565. The molecule has 0 aromatic heterocycles. The molecule has 5 aromatic carbocycles. The van der Waals surface area contributed by atoms with Crippen LogP contribution in [0.5, 0.6) is 0 Å². The van der Waals surface area contributed by atoms with E-state index >= 15 is 0 Å². The third-order valence-electron chi connectivity index (χ3n) is 7.19. The molecule has 0 aliphatic rings. The van der Waals surface area contributed by atoms with E-state index in [1.807, 2.05) is 103 Å². The molecule has 0 spiro atoms. The van der Waals surface area contributed by atoms with Crippen molar-refractivity contribution in [2.45, 2.75) is 29.9 Å². The highest BCUT2D eigenvalue weighted by Crippen LogP contribution is 2.37. The zero-order valence-electron chi connectivity index (χ0n) is 25.6. The highest BCUT2D eigenvalue weighted by molar-refractivity contribution is 8.00. The fourth-order valence-corrected chi connectivity index (χ4v) is 5.69. The van der Waals surface area contributed by atoms with E-state index in [1.165, 1.54) is 17.3 Å². The Morgan fingerprint density at radius 1 is 0.609 bits per heavy atom. The van der Waals surface area contributed by atoms with E-state index in [0.717, 1.165) is 21.7 Å². The lowest BCUT2D eigenvalue weighted by atomic mass is 10.0. The smallest absolute Gasteiger partial charge is 0.272 e. The lowest BCUT2D eigenvalue weighted by Crippen LogP contribution is -2.30. The molecule has 0 saturated heterocycles. The minimum absolute atomic E-state index is 0.112. The lowest BCUT2D eigenvalue weighted by molar-refractivity contribution is -0.116. The van der Waals surface area contributed by atoms with Crippen LogP contribution in [0.25, 0.3) is 6.08 Å². The topological polar surface area (TPSA) is 87.3 Å². The number of thioether (sulfide) groups is 1. The molecule has 3 N–H and O–H groups in total. The lowest BCUT2D eigenvalue weighted by Gasteiger charge is -2.18. The number of amides is 3. The minimum Gasteiger partial charge on any atom is -0.325 e. The Hall–Kier alpha value is -5.40. The number of carbonyl (C=O) groups excluding carboxylic acids is 3. The summed E-state index contributed by atoms with van der Waals surface area (Å²) < 4.78 is 0. The molecule has 3 amide bonds. The zero-order chi connectivity index (χ0) is 32.3.